The van der Waals surface area contributed by atoms with E-state index >= 15 is 0 Å². The molecule has 0 unspecified atom stereocenters. The van der Waals surface area contributed by atoms with Crippen LogP contribution in [0.5, 0.6) is 0 Å². The van der Waals surface area contributed by atoms with Crippen LogP contribution in [-0.2, 0) is 6.42 Å². The molecule has 1 aromatic carbocycles. The fraction of sp³-hybridized carbons (Fsp3) is 0.267. The molecule has 0 aliphatic carbocycles. The van der Waals surface area contributed by atoms with Gasteiger partial charge in [-0.05, 0) is 37.5 Å². The number of amides is 1. The fourth-order valence-electron chi connectivity index (χ4n) is 1.77. The van der Waals surface area contributed by atoms with Gasteiger partial charge >= 0.3 is 0 Å². The molecule has 0 spiro atoms. The fourth-order valence-corrected chi connectivity index (χ4v) is 1.77. The zero-order chi connectivity index (χ0) is 14.5. The maximum Gasteiger partial charge on any atom is 0.291 e. The summed E-state index contributed by atoms with van der Waals surface area (Å²) in [5.74, 6) is -0.320. The first-order valence-electron chi connectivity index (χ1n) is 6.56. The van der Waals surface area contributed by atoms with Gasteiger partial charge in [0.1, 0.15) is 0 Å². The smallest absolute Gasteiger partial charge is 0.282 e. The minimum Gasteiger partial charge on any atom is -0.282 e. The van der Waals surface area contributed by atoms with Crippen LogP contribution in [0.3, 0.4) is 0 Å². The van der Waals surface area contributed by atoms with E-state index in [1.54, 1.807) is 6.07 Å². The molecule has 0 bridgehead atoms. The monoisotopic (exact) mass is 270 g/mol. The van der Waals surface area contributed by atoms with Gasteiger partial charge in [-0.1, -0.05) is 31.2 Å². The van der Waals surface area contributed by atoms with Crippen LogP contribution >= 0.6 is 0 Å². The third-order valence-electron chi connectivity index (χ3n) is 3.04. The molecule has 2 N–H and O–H groups in total. The van der Waals surface area contributed by atoms with E-state index in [1.807, 2.05) is 26.0 Å². The summed E-state index contributed by atoms with van der Waals surface area (Å²) in [4.78, 5) is 11.8. The lowest BCUT2D eigenvalue weighted by molar-refractivity contribution is 0.0950. The van der Waals surface area contributed by atoms with Crippen molar-refractivity contribution < 1.29 is 4.79 Å². The Kier molecular flexibility index (Phi) is 4.30. The zero-order valence-electron chi connectivity index (χ0n) is 11.9. The highest BCUT2D eigenvalue weighted by atomic mass is 16.2. The predicted octanol–water partition coefficient (Wildman–Crippen LogP) is 2.43. The molecule has 0 radical (unpaired) electrons. The molecule has 0 saturated heterocycles. The molecule has 1 aromatic heterocycles. The second kappa shape index (κ2) is 6.14. The van der Waals surface area contributed by atoms with Gasteiger partial charge in [-0.15, -0.1) is 0 Å². The number of aryl methyl sites for hydroxylation is 2. The third-order valence-corrected chi connectivity index (χ3v) is 3.04. The molecule has 5 nitrogen and oxygen atoms in total. The lowest BCUT2D eigenvalue weighted by atomic mass is 10.1. The van der Waals surface area contributed by atoms with Gasteiger partial charge in [0.05, 0.1) is 5.71 Å². The Morgan fingerprint density at radius 1 is 1.35 bits per heavy atom. The number of aromatic amines is 1. The first-order valence-corrected chi connectivity index (χ1v) is 6.56. The Bertz CT molecular complexity index is 626. The molecule has 0 aliphatic rings. The zero-order valence-corrected chi connectivity index (χ0v) is 11.9. The first kappa shape index (κ1) is 14.0. The Morgan fingerprint density at radius 2 is 2.05 bits per heavy atom. The number of hydrazone groups is 1. The SMILES string of the molecule is CCc1ccc(/C(C)=N/NC(=O)c2cc(C)[nH]n2)cc1. The van der Waals surface area contributed by atoms with Crippen molar-refractivity contribution in [2.45, 2.75) is 27.2 Å². The predicted molar refractivity (Wildman–Crippen MR) is 78.8 cm³/mol. The molecule has 20 heavy (non-hydrogen) atoms. The van der Waals surface area contributed by atoms with E-state index in [0.717, 1.165) is 23.4 Å². The summed E-state index contributed by atoms with van der Waals surface area (Å²) in [6.45, 7) is 5.81. The average Bonchev–Trinajstić information content (AvgIpc) is 2.91. The van der Waals surface area contributed by atoms with Crippen molar-refractivity contribution in [2.75, 3.05) is 0 Å². The lowest BCUT2D eigenvalue weighted by Crippen LogP contribution is -2.19. The van der Waals surface area contributed by atoms with E-state index in [2.05, 4.69) is 39.8 Å². The molecule has 1 amide bonds. The van der Waals surface area contributed by atoms with Gasteiger partial charge in [0.25, 0.3) is 5.91 Å². The molecule has 2 aromatic rings. The summed E-state index contributed by atoms with van der Waals surface area (Å²) >= 11 is 0. The third kappa shape index (κ3) is 3.32. The summed E-state index contributed by atoms with van der Waals surface area (Å²) < 4.78 is 0. The van der Waals surface area contributed by atoms with Crippen LogP contribution in [0.1, 0.15) is 41.2 Å². The summed E-state index contributed by atoms with van der Waals surface area (Å²) in [5.41, 5.74) is 6.70. The summed E-state index contributed by atoms with van der Waals surface area (Å²) in [5, 5.41) is 10.7. The maximum atomic E-state index is 11.8. The number of carbonyl (C=O) groups excluding carboxylic acids is 1. The van der Waals surface area contributed by atoms with Crippen molar-refractivity contribution in [3.05, 3.63) is 52.8 Å². The van der Waals surface area contributed by atoms with E-state index in [-0.39, 0.29) is 5.91 Å². The molecule has 0 aliphatic heterocycles. The topological polar surface area (TPSA) is 70.1 Å². The standard InChI is InChI=1S/C15H18N4O/c1-4-12-5-7-13(8-6-12)11(3)17-19-15(20)14-9-10(2)16-18-14/h5-9H,4H2,1-3H3,(H,16,18)(H,19,20)/b17-11+. The minimum absolute atomic E-state index is 0.320. The van der Waals surface area contributed by atoms with Gasteiger partial charge in [0.15, 0.2) is 5.69 Å². The van der Waals surface area contributed by atoms with Crippen molar-refractivity contribution in [3.63, 3.8) is 0 Å². The quantitative estimate of drug-likeness (QED) is 0.661. The number of carbonyl (C=O) groups is 1. The maximum absolute atomic E-state index is 11.8. The minimum atomic E-state index is -0.320. The Morgan fingerprint density at radius 3 is 2.60 bits per heavy atom. The lowest BCUT2D eigenvalue weighted by Gasteiger charge is -2.03. The Balaban J connectivity index is 2.04. The Hall–Kier alpha value is -2.43. The first-order chi connectivity index (χ1) is 9.60. The van der Waals surface area contributed by atoms with Gasteiger partial charge in [-0.2, -0.15) is 10.2 Å². The van der Waals surface area contributed by atoms with Gasteiger partial charge in [0.2, 0.25) is 0 Å². The second-order valence-corrected chi connectivity index (χ2v) is 4.62. The second-order valence-electron chi connectivity index (χ2n) is 4.62. The number of rotatable bonds is 4. The molecule has 0 atom stereocenters. The van der Waals surface area contributed by atoms with Crippen LogP contribution in [-0.4, -0.2) is 21.8 Å². The van der Waals surface area contributed by atoms with Crippen molar-refractivity contribution in [1.82, 2.24) is 15.6 Å². The van der Waals surface area contributed by atoms with Crippen LogP contribution in [0, 0.1) is 6.92 Å². The van der Waals surface area contributed by atoms with E-state index in [4.69, 9.17) is 0 Å². The van der Waals surface area contributed by atoms with Crippen molar-refractivity contribution in [3.8, 4) is 0 Å². The highest BCUT2D eigenvalue weighted by Gasteiger charge is 2.08. The average molecular weight is 270 g/mol. The van der Waals surface area contributed by atoms with Crippen LogP contribution in [0.4, 0.5) is 0 Å². The molecule has 2 rings (SSSR count). The number of benzene rings is 1. The van der Waals surface area contributed by atoms with E-state index < -0.39 is 0 Å². The highest BCUT2D eigenvalue weighted by molar-refractivity contribution is 6.00. The number of nitrogens with zero attached hydrogens (tertiary/aromatic N) is 2. The van der Waals surface area contributed by atoms with Gasteiger partial charge in [0, 0.05) is 5.69 Å². The number of hydrogen-bond acceptors (Lipinski definition) is 3. The summed E-state index contributed by atoms with van der Waals surface area (Å²) in [7, 11) is 0. The molecular weight excluding hydrogens is 252 g/mol. The van der Waals surface area contributed by atoms with Crippen LogP contribution < -0.4 is 5.43 Å². The molecule has 0 fully saturated rings. The van der Waals surface area contributed by atoms with Crippen LogP contribution in [0.15, 0.2) is 35.4 Å². The molecule has 0 saturated carbocycles. The van der Waals surface area contributed by atoms with Crippen molar-refractivity contribution in [1.29, 1.82) is 0 Å². The number of H-pyrrole nitrogens is 1. The molecule has 104 valence electrons. The number of nitrogens with one attached hydrogen (secondary N) is 2. The van der Waals surface area contributed by atoms with Gasteiger partial charge in [-0.3, -0.25) is 9.89 Å². The van der Waals surface area contributed by atoms with Crippen LogP contribution in [0.2, 0.25) is 0 Å². The molecule has 5 heteroatoms. The molecule has 1 heterocycles. The number of aromatic nitrogens is 2. The van der Waals surface area contributed by atoms with Gasteiger partial charge in [-0.25, -0.2) is 5.43 Å². The van der Waals surface area contributed by atoms with E-state index in [0.29, 0.717) is 5.69 Å². The molecular formula is C15H18N4O. The van der Waals surface area contributed by atoms with Gasteiger partial charge < -0.3 is 0 Å². The van der Waals surface area contributed by atoms with Crippen molar-refractivity contribution in [2.24, 2.45) is 5.10 Å². The summed E-state index contributed by atoms with van der Waals surface area (Å²) in [6, 6.07) is 9.81. The largest absolute Gasteiger partial charge is 0.291 e. The van der Waals surface area contributed by atoms with E-state index in [1.165, 1.54) is 5.56 Å². The highest BCUT2D eigenvalue weighted by Crippen LogP contribution is 2.06. The number of hydrogen-bond donors (Lipinski definition) is 2. The van der Waals surface area contributed by atoms with Crippen molar-refractivity contribution >= 4 is 11.6 Å². The summed E-state index contributed by atoms with van der Waals surface area (Å²) in [6.07, 6.45) is 1.01. The normalized spacial score (nSPS) is 11.4. The van der Waals surface area contributed by atoms with Crippen LogP contribution in [0.25, 0.3) is 0 Å². The van der Waals surface area contributed by atoms with E-state index in [9.17, 15) is 4.79 Å². The Labute approximate surface area is 118 Å².